The van der Waals surface area contributed by atoms with Gasteiger partial charge in [-0.3, -0.25) is 9.48 Å². The lowest BCUT2D eigenvalue weighted by molar-refractivity contribution is -0.141. The molecule has 0 atom stereocenters. The number of alkyl halides is 3. The van der Waals surface area contributed by atoms with Gasteiger partial charge in [0.15, 0.2) is 11.5 Å². The van der Waals surface area contributed by atoms with Gasteiger partial charge < -0.3 is 5.32 Å². The van der Waals surface area contributed by atoms with Crippen molar-refractivity contribution in [3.8, 4) is 11.4 Å². The Labute approximate surface area is 161 Å². The summed E-state index contributed by atoms with van der Waals surface area (Å²) in [4.78, 5) is 20.0. The van der Waals surface area contributed by atoms with Crippen molar-refractivity contribution in [2.75, 3.05) is 5.32 Å². The predicted octanol–water partition coefficient (Wildman–Crippen LogP) is 4.22. The molecule has 3 rings (SSSR count). The van der Waals surface area contributed by atoms with Crippen LogP contribution in [0.2, 0.25) is 0 Å². The van der Waals surface area contributed by atoms with Crippen LogP contribution in [0.4, 0.5) is 27.8 Å². The smallest absolute Gasteiger partial charge is 0.305 e. The van der Waals surface area contributed by atoms with Crippen molar-refractivity contribution in [1.29, 1.82) is 0 Å². The van der Waals surface area contributed by atoms with Crippen LogP contribution < -0.4 is 5.32 Å². The van der Waals surface area contributed by atoms with Gasteiger partial charge in [-0.2, -0.15) is 18.3 Å². The van der Waals surface area contributed by atoms with Crippen LogP contribution in [0.5, 0.6) is 0 Å². The number of hydrogen-bond donors (Lipinski definition) is 1. The molecule has 0 fully saturated rings. The molecule has 0 saturated heterocycles. The molecule has 1 aromatic carbocycles. The van der Waals surface area contributed by atoms with E-state index in [1.54, 1.807) is 6.92 Å². The Balaban J connectivity index is 1.85. The zero-order chi connectivity index (χ0) is 21.3. The number of hydrogen-bond acceptors (Lipinski definition) is 4. The predicted molar refractivity (Wildman–Crippen MR) is 93.0 cm³/mol. The van der Waals surface area contributed by atoms with E-state index >= 15 is 0 Å². The van der Waals surface area contributed by atoms with Gasteiger partial charge >= 0.3 is 6.18 Å². The highest BCUT2D eigenvalue weighted by atomic mass is 19.4. The lowest BCUT2D eigenvalue weighted by atomic mass is 10.1. The standard InChI is InChI=1S/C18H14F5N5O/c1-3-28-13(6-14(27-28)18(21,22)23)12-7-25-15(8-24-12)26-17(29)16-10(19)4-9(2)5-11(16)20/h4-8H,3H2,1-2H3,(H,25,26,29). The van der Waals surface area contributed by atoms with Crippen LogP contribution in [0.15, 0.2) is 30.6 Å². The second-order valence-corrected chi connectivity index (χ2v) is 6.07. The van der Waals surface area contributed by atoms with E-state index < -0.39 is 35.0 Å². The molecule has 2 aromatic heterocycles. The van der Waals surface area contributed by atoms with Crippen LogP contribution in [0.3, 0.4) is 0 Å². The maximum absolute atomic E-state index is 13.9. The Kier molecular flexibility index (Phi) is 5.31. The number of carbonyl (C=O) groups is 1. The van der Waals surface area contributed by atoms with Crippen molar-refractivity contribution >= 4 is 11.7 Å². The molecule has 0 radical (unpaired) electrons. The minimum absolute atomic E-state index is 0.0838. The second-order valence-electron chi connectivity index (χ2n) is 6.07. The molecule has 1 amide bonds. The van der Waals surface area contributed by atoms with Gasteiger partial charge in [-0.25, -0.2) is 18.7 Å². The number of aromatic nitrogens is 4. The molecule has 0 bridgehead atoms. The van der Waals surface area contributed by atoms with Crippen molar-refractivity contribution in [3.05, 3.63) is 59.0 Å². The molecule has 6 nitrogen and oxygen atoms in total. The Hall–Kier alpha value is -3.37. The fourth-order valence-corrected chi connectivity index (χ4v) is 2.62. The zero-order valence-electron chi connectivity index (χ0n) is 15.2. The summed E-state index contributed by atoms with van der Waals surface area (Å²) in [5.74, 6) is -3.26. The molecule has 0 aliphatic heterocycles. The van der Waals surface area contributed by atoms with E-state index in [4.69, 9.17) is 0 Å². The number of carbonyl (C=O) groups excluding carboxylic acids is 1. The monoisotopic (exact) mass is 411 g/mol. The van der Waals surface area contributed by atoms with Gasteiger partial charge in [0.1, 0.15) is 22.9 Å². The van der Waals surface area contributed by atoms with Crippen LogP contribution >= 0.6 is 0 Å². The minimum atomic E-state index is -4.61. The first-order valence-corrected chi connectivity index (χ1v) is 8.34. The van der Waals surface area contributed by atoms with Crippen molar-refractivity contribution in [1.82, 2.24) is 19.7 Å². The third-order valence-electron chi connectivity index (χ3n) is 3.94. The summed E-state index contributed by atoms with van der Waals surface area (Å²) in [6, 6.07) is 2.86. The number of amides is 1. The molecule has 0 unspecified atom stereocenters. The first-order chi connectivity index (χ1) is 13.6. The van der Waals surface area contributed by atoms with Gasteiger partial charge in [0.05, 0.1) is 18.1 Å². The molecule has 0 aliphatic rings. The Morgan fingerprint density at radius 1 is 1.10 bits per heavy atom. The maximum Gasteiger partial charge on any atom is 0.435 e. The van der Waals surface area contributed by atoms with Crippen molar-refractivity contribution in [3.63, 3.8) is 0 Å². The van der Waals surface area contributed by atoms with Gasteiger partial charge in [-0.05, 0) is 37.6 Å². The maximum atomic E-state index is 13.9. The summed E-state index contributed by atoms with van der Waals surface area (Å²) in [7, 11) is 0. The van der Waals surface area contributed by atoms with E-state index in [1.165, 1.54) is 6.92 Å². The minimum Gasteiger partial charge on any atom is -0.305 e. The molecule has 3 aromatic rings. The van der Waals surface area contributed by atoms with Gasteiger partial charge in [0.25, 0.3) is 5.91 Å². The number of anilines is 1. The molecule has 0 saturated carbocycles. The van der Waals surface area contributed by atoms with Gasteiger partial charge in [0, 0.05) is 6.54 Å². The first-order valence-electron chi connectivity index (χ1n) is 8.34. The average molecular weight is 411 g/mol. The van der Waals surface area contributed by atoms with Crippen LogP contribution in [0.25, 0.3) is 11.4 Å². The highest BCUT2D eigenvalue weighted by Crippen LogP contribution is 2.31. The summed E-state index contributed by atoms with van der Waals surface area (Å²) >= 11 is 0. The molecular weight excluding hydrogens is 397 g/mol. The van der Waals surface area contributed by atoms with E-state index in [0.717, 1.165) is 35.3 Å². The normalized spacial score (nSPS) is 11.6. The molecule has 29 heavy (non-hydrogen) atoms. The molecule has 1 N–H and O–H groups in total. The lowest BCUT2D eigenvalue weighted by Crippen LogP contribution is -2.17. The summed E-state index contributed by atoms with van der Waals surface area (Å²) in [5.41, 5.74) is -1.37. The quantitative estimate of drug-likeness (QED) is 0.653. The summed E-state index contributed by atoms with van der Waals surface area (Å²) < 4.78 is 67.5. The molecule has 0 spiro atoms. The van der Waals surface area contributed by atoms with E-state index in [0.29, 0.717) is 5.56 Å². The van der Waals surface area contributed by atoms with Crippen LogP contribution in [0.1, 0.15) is 28.5 Å². The van der Waals surface area contributed by atoms with Gasteiger partial charge in [0.2, 0.25) is 0 Å². The molecule has 11 heteroatoms. The van der Waals surface area contributed by atoms with Crippen molar-refractivity contribution in [2.24, 2.45) is 0 Å². The highest BCUT2D eigenvalue weighted by molar-refractivity contribution is 6.04. The third kappa shape index (κ3) is 4.23. The Bertz CT molecular complexity index is 1040. The highest BCUT2D eigenvalue weighted by Gasteiger charge is 2.35. The van der Waals surface area contributed by atoms with Crippen molar-refractivity contribution < 1.29 is 26.7 Å². The van der Waals surface area contributed by atoms with Crippen LogP contribution in [-0.4, -0.2) is 25.7 Å². The molecule has 2 heterocycles. The fraction of sp³-hybridized carbons (Fsp3) is 0.222. The van der Waals surface area contributed by atoms with Crippen LogP contribution in [0, 0.1) is 18.6 Å². The summed E-state index contributed by atoms with van der Waals surface area (Å²) in [6.07, 6.45) is -2.42. The summed E-state index contributed by atoms with van der Waals surface area (Å²) in [6.45, 7) is 3.25. The van der Waals surface area contributed by atoms with E-state index in [1.807, 2.05) is 0 Å². The zero-order valence-corrected chi connectivity index (χ0v) is 15.2. The summed E-state index contributed by atoms with van der Waals surface area (Å²) in [5, 5.41) is 5.69. The van der Waals surface area contributed by atoms with E-state index in [-0.39, 0.29) is 23.8 Å². The number of halogens is 5. The largest absolute Gasteiger partial charge is 0.435 e. The number of rotatable bonds is 4. The SMILES string of the molecule is CCn1nc(C(F)(F)F)cc1-c1cnc(NC(=O)c2c(F)cc(C)cc2F)cn1. The number of nitrogens with one attached hydrogen (secondary N) is 1. The lowest BCUT2D eigenvalue weighted by Gasteiger charge is -2.08. The Morgan fingerprint density at radius 3 is 2.28 bits per heavy atom. The van der Waals surface area contributed by atoms with E-state index in [2.05, 4.69) is 20.4 Å². The van der Waals surface area contributed by atoms with Gasteiger partial charge in [-0.1, -0.05) is 0 Å². The molecular formula is C18H14F5N5O. The number of benzene rings is 1. The van der Waals surface area contributed by atoms with Gasteiger partial charge in [-0.15, -0.1) is 0 Å². The molecule has 0 aliphatic carbocycles. The topological polar surface area (TPSA) is 72.7 Å². The second kappa shape index (κ2) is 7.57. The third-order valence-corrected chi connectivity index (χ3v) is 3.94. The molecule has 152 valence electrons. The Morgan fingerprint density at radius 2 is 1.76 bits per heavy atom. The first kappa shape index (κ1) is 20.4. The number of aryl methyl sites for hydroxylation is 2. The fourth-order valence-electron chi connectivity index (χ4n) is 2.62. The van der Waals surface area contributed by atoms with Crippen LogP contribution in [-0.2, 0) is 12.7 Å². The average Bonchev–Trinajstić information content (AvgIpc) is 3.06. The van der Waals surface area contributed by atoms with Crippen molar-refractivity contribution in [2.45, 2.75) is 26.6 Å². The number of nitrogens with zero attached hydrogens (tertiary/aromatic N) is 4. The van der Waals surface area contributed by atoms with E-state index in [9.17, 15) is 26.7 Å².